The topological polar surface area (TPSA) is 96.0 Å². The molecule has 1 atom stereocenters. The SMILES string of the molecule is CCNC(=O)[C@@H](C)N(Cc1ccc(Cl)cc1Cl)C(=O)CN(c1ccc(Cl)cc1)S(=O)(=O)c1ccc(OC)cc1. The van der Waals surface area contributed by atoms with Crippen LogP contribution in [0.4, 0.5) is 5.69 Å². The molecule has 8 nitrogen and oxygen atoms in total. The Balaban J connectivity index is 2.04. The van der Waals surface area contributed by atoms with Gasteiger partial charge in [-0.3, -0.25) is 13.9 Å². The van der Waals surface area contributed by atoms with Crippen LogP contribution in [0.5, 0.6) is 5.75 Å². The molecule has 3 aromatic rings. The largest absolute Gasteiger partial charge is 0.497 e. The van der Waals surface area contributed by atoms with E-state index >= 15 is 0 Å². The van der Waals surface area contributed by atoms with Crippen LogP contribution in [-0.2, 0) is 26.2 Å². The first-order valence-corrected chi connectivity index (χ1v) is 14.5. The number of carbonyl (C=O) groups is 2. The van der Waals surface area contributed by atoms with E-state index in [1.807, 2.05) is 0 Å². The molecular formula is C27H28Cl3N3O5S. The van der Waals surface area contributed by atoms with Gasteiger partial charge in [0.1, 0.15) is 18.3 Å². The highest BCUT2D eigenvalue weighted by atomic mass is 35.5. The van der Waals surface area contributed by atoms with E-state index in [0.29, 0.717) is 32.9 Å². The van der Waals surface area contributed by atoms with Gasteiger partial charge in [-0.05, 0) is 80.1 Å². The highest BCUT2D eigenvalue weighted by Crippen LogP contribution is 2.28. The monoisotopic (exact) mass is 611 g/mol. The Morgan fingerprint density at radius 2 is 1.56 bits per heavy atom. The third-order valence-electron chi connectivity index (χ3n) is 5.92. The summed E-state index contributed by atoms with van der Waals surface area (Å²) in [7, 11) is -2.75. The van der Waals surface area contributed by atoms with Crippen molar-refractivity contribution in [2.24, 2.45) is 0 Å². The molecule has 3 rings (SSSR count). The fourth-order valence-corrected chi connectivity index (χ4v) is 5.76. The van der Waals surface area contributed by atoms with Gasteiger partial charge < -0.3 is 15.0 Å². The highest BCUT2D eigenvalue weighted by molar-refractivity contribution is 7.92. The van der Waals surface area contributed by atoms with Crippen LogP contribution in [0.2, 0.25) is 15.1 Å². The summed E-state index contributed by atoms with van der Waals surface area (Å²) in [6.45, 7) is 3.04. The van der Waals surface area contributed by atoms with Crippen molar-refractivity contribution in [2.75, 3.05) is 24.5 Å². The number of amides is 2. The lowest BCUT2D eigenvalue weighted by molar-refractivity contribution is -0.139. The van der Waals surface area contributed by atoms with Crippen molar-refractivity contribution in [2.45, 2.75) is 31.3 Å². The molecule has 0 radical (unpaired) electrons. The molecule has 3 aromatic carbocycles. The van der Waals surface area contributed by atoms with Gasteiger partial charge in [0.15, 0.2) is 0 Å². The van der Waals surface area contributed by atoms with Gasteiger partial charge in [-0.15, -0.1) is 0 Å². The van der Waals surface area contributed by atoms with Crippen LogP contribution >= 0.6 is 34.8 Å². The minimum atomic E-state index is -4.22. The van der Waals surface area contributed by atoms with E-state index in [2.05, 4.69) is 5.32 Å². The summed E-state index contributed by atoms with van der Waals surface area (Å²) in [5.41, 5.74) is 0.764. The van der Waals surface area contributed by atoms with E-state index in [1.165, 1.54) is 66.6 Å². The van der Waals surface area contributed by atoms with Crippen molar-refractivity contribution >= 4 is 62.3 Å². The molecular weight excluding hydrogens is 585 g/mol. The van der Waals surface area contributed by atoms with Crippen molar-refractivity contribution < 1.29 is 22.7 Å². The summed E-state index contributed by atoms with van der Waals surface area (Å²) < 4.78 is 33.7. The molecule has 0 aliphatic rings. The van der Waals surface area contributed by atoms with Crippen LogP contribution in [0.25, 0.3) is 0 Å². The van der Waals surface area contributed by atoms with Crippen molar-refractivity contribution in [3.8, 4) is 5.75 Å². The molecule has 0 fully saturated rings. The van der Waals surface area contributed by atoms with Crippen LogP contribution in [-0.4, -0.2) is 51.4 Å². The molecule has 12 heteroatoms. The maximum absolute atomic E-state index is 13.8. The molecule has 208 valence electrons. The second-order valence-electron chi connectivity index (χ2n) is 8.49. The zero-order valence-corrected chi connectivity index (χ0v) is 24.6. The third kappa shape index (κ3) is 7.57. The van der Waals surface area contributed by atoms with Crippen LogP contribution in [0.3, 0.4) is 0 Å². The molecule has 0 aliphatic carbocycles. The van der Waals surface area contributed by atoms with Crippen LogP contribution < -0.4 is 14.4 Å². The highest BCUT2D eigenvalue weighted by Gasteiger charge is 2.32. The number of benzene rings is 3. The van der Waals surface area contributed by atoms with E-state index in [0.717, 1.165) is 4.31 Å². The molecule has 0 bridgehead atoms. The maximum atomic E-state index is 13.8. The number of methoxy groups -OCH3 is 1. The molecule has 0 heterocycles. The lowest BCUT2D eigenvalue weighted by Crippen LogP contribution is -2.51. The minimum Gasteiger partial charge on any atom is -0.497 e. The summed E-state index contributed by atoms with van der Waals surface area (Å²) in [4.78, 5) is 27.8. The minimum absolute atomic E-state index is 0.0462. The quantitative estimate of drug-likeness (QED) is 0.313. The number of likely N-dealkylation sites (N-methyl/N-ethyl adjacent to an activating group) is 1. The molecule has 2 amide bonds. The summed E-state index contributed by atoms with van der Waals surface area (Å²) >= 11 is 18.4. The van der Waals surface area contributed by atoms with E-state index in [9.17, 15) is 18.0 Å². The van der Waals surface area contributed by atoms with Gasteiger partial charge in [0.05, 0.1) is 17.7 Å². The predicted octanol–water partition coefficient (Wildman–Crippen LogP) is 5.40. The second-order valence-corrected chi connectivity index (χ2v) is 11.6. The van der Waals surface area contributed by atoms with E-state index < -0.39 is 34.4 Å². The average Bonchev–Trinajstić information content (AvgIpc) is 2.91. The molecule has 0 saturated heterocycles. The van der Waals surface area contributed by atoms with Gasteiger partial charge in [-0.1, -0.05) is 40.9 Å². The number of sulfonamides is 1. The summed E-state index contributed by atoms with van der Waals surface area (Å²) in [5, 5.41) is 3.83. The van der Waals surface area contributed by atoms with Crippen molar-refractivity contribution in [1.29, 1.82) is 0 Å². The summed E-state index contributed by atoms with van der Waals surface area (Å²) in [5.74, 6) is -0.538. The summed E-state index contributed by atoms with van der Waals surface area (Å²) in [6.07, 6.45) is 0. The zero-order chi connectivity index (χ0) is 28.7. The van der Waals surface area contributed by atoms with E-state index in [-0.39, 0.29) is 17.1 Å². The fraction of sp³-hybridized carbons (Fsp3) is 0.259. The number of halogens is 3. The molecule has 0 aromatic heterocycles. The number of hydrogen-bond acceptors (Lipinski definition) is 5. The zero-order valence-electron chi connectivity index (χ0n) is 21.5. The number of carbonyl (C=O) groups excluding carboxylic acids is 2. The molecule has 0 spiro atoms. The Morgan fingerprint density at radius 3 is 2.13 bits per heavy atom. The first-order chi connectivity index (χ1) is 18.5. The smallest absolute Gasteiger partial charge is 0.264 e. The van der Waals surface area contributed by atoms with Crippen molar-refractivity contribution in [3.05, 3.63) is 87.4 Å². The standard InChI is InChI=1S/C27H28Cl3N3O5S/c1-4-31-27(35)18(2)32(16-19-5-6-21(29)15-25(19)30)26(34)17-33(22-9-7-20(28)8-10-22)39(36,37)24-13-11-23(38-3)12-14-24/h5-15,18H,4,16-17H2,1-3H3,(H,31,35)/t18-/m1/s1. The number of anilines is 1. The summed E-state index contributed by atoms with van der Waals surface area (Å²) in [6, 6.07) is 15.8. The normalized spacial score (nSPS) is 11.9. The lowest BCUT2D eigenvalue weighted by Gasteiger charge is -2.32. The lowest BCUT2D eigenvalue weighted by atomic mass is 10.1. The number of rotatable bonds is 11. The fourth-order valence-electron chi connectivity index (χ4n) is 3.75. The van der Waals surface area contributed by atoms with E-state index in [1.54, 1.807) is 26.0 Å². The molecule has 0 aliphatic heterocycles. The number of hydrogen-bond donors (Lipinski definition) is 1. The molecule has 0 saturated carbocycles. The van der Waals surface area contributed by atoms with Gasteiger partial charge in [0, 0.05) is 28.2 Å². The van der Waals surface area contributed by atoms with Gasteiger partial charge in [0.25, 0.3) is 10.0 Å². The Kier molecular flexibility index (Phi) is 10.5. The Hall–Kier alpha value is -2.98. The van der Waals surface area contributed by atoms with Crippen LogP contribution in [0, 0.1) is 0 Å². The maximum Gasteiger partial charge on any atom is 0.264 e. The van der Waals surface area contributed by atoms with Gasteiger partial charge in [-0.25, -0.2) is 8.42 Å². The Morgan fingerprint density at radius 1 is 0.949 bits per heavy atom. The molecule has 0 unspecified atom stereocenters. The first-order valence-electron chi connectivity index (χ1n) is 11.9. The van der Waals surface area contributed by atoms with E-state index in [4.69, 9.17) is 39.5 Å². The Bertz CT molecular complexity index is 1420. The average molecular weight is 613 g/mol. The number of ether oxygens (including phenoxy) is 1. The Labute approximate surface area is 243 Å². The molecule has 39 heavy (non-hydrogen) atoms. The first kappa shape index (κ1) is 30.6. The van der Waals surface area contributed by atoms with Crippen molar-refractivity contribution in [1.82, 2.24) is 10.2 Å². The number of nitrogens with zero attached hydrogens (tertiary/aromatic N) is 2. The van der Waals surface area contributed by atoms with Gasteiger partial charge in [0.2, 0.25) is 11.8 Å². The third-order valence-corrected chi connectivity index (χ3v) is 8.54. The van der Waals surface area contributed by atoms with Gasteiger partial charge in [-0.2, -0.15) is 0 Å². The molecule has 1 N–H and O–H groups in total. The number of nitrogens with one attached hydrogen (secondary N) is 1. The van der Waals surface area contributed by atoms with Gasteiger partial charge >= 0.3 is 0 Å². The second kappa shape index (κ2) is 13.4. The predicted molar refractivity (Wildman–Crippen MR) is 154 cm³/mol. The van der Waals surface area contributed by atoms with Crippen molar-refractivity contribution in [3.63, 3.8) is 0 Å². The van der Waals surface area contributed by atoms with Crippen LogP contribution in [0.15, 0.2) is 71.6 Å². The van der Waals surface area contributed by atoms with Crippen LogP contribution in [0.1, 0.15) is 19.4 Å².